The molecule has 0 atom stereocenters. The number of aromatic nitrogens is 2. The van der Waals surface area contributed by atoms with Gasteiger partial charge in [0, 0.05) is 20.3 Å². The molecule has 6 heteroatoms. The normalized spacial score (nSPS) is 11.3. The summed E-state index contributed by atoms with van der Waals surface area (Å²) in [5, 5.41) is 4.37. The highest BCUT2D eigenvalue weighted by atomic mass is 79.9. The number of hydrogen-bond acceptors (Lipinski definition) is 4. The monoisotopic (exact) mass is 332 g/mol. The standard InChI is InChI=1S/C13H21BrN2O3/c1-5-9-12(14)10(16(4)15-9)8-11(17)13(18-6-2)19-7-3/h13H,5-8H2,1-4H3. The number of ether oxygens (including phenoxy) is 2. The van der Waals surface area contributed by atoms with E-state index in [0.29, 0.717) is 13.2 Å². The third-order valence-corrected chi connectivity index (χ3v) is 3.66. The summed E-state index contributed by atoms with van der Waals surface area (Å²) < 4.78 is 13.3. The molecule has 0 amide bonds. The third kappa shape index (κ3) is 4.12. The van der Waals surface area contributed by atoms with Crippen LogP contribution in [0.5, 0.6) is 0 Å². The molecule has 1 aromatic heterocycles. The zero-order valence-electron chi connectivity index (χ0n) is 11.9. The van der Waals surface area contributed by atoms with E-state index in [9.17, 15) is 4.79 Å². The Labute approximate surface area is 122 Å². The lowest BCUT2D eigenvalue weighted by atomic mass is 10.2. The fraction of sp³-hybridized carbons (Fsp3) is 0.692. The second-order valence-electron chi connectivity index (χ2n) is 4.07. The minimum atomic E-state index is -0.790. The first-order valence-electron chi connectivity index (χ1n) is 6.51. The predicted octanol–water partition coefficient (Wildman–Crippen LogP) is 2.26. The van der Waals surface area contributed by atoms with Crippen LogP contribution in [0, 0.1) is 0 Å². The van der Waals surface area contributed by atoms with Crippen LogP contribution in [0.15, 0.2) is 4.47 Å². The topological polar surface area (TPSA) is 53.4 Å². The molecule has 5 nitrogen and oxygen atoms in total. The summed E-state index contributed by atoms with van der Waals surface area (Å²) in [5.74, 6) is -0.0879. The summed E-state index contributed by atoms with van der Waals surface area (Å²) in [6, 6.07) is 0. The number of hydrogen-bond donors (Lipinski definition) is 0. The highest BCUT2D eigenvalue weighted by Crippen LogP contribution is 2.22. The molecule has 0 radical (unpaired) electrons. The van der Waals surface area contributed by atoms with Crippen molar-refractivity contribution in [2.24, 2.45) is 7.05 Å². The number of Topliss-reactive ketones (excluding diaryl/α,β-unsaturated/α-hetero) is 1. The van der Waals surface area contributed by atoms with Gasteiger partial charge in [-0.3, -0.25) is 9.48 Å². The summed E-state index contributed by atoms with van der Waals surface area (Å²) in [7, 11) is 1.84. The number of nitrogens with zero attached hydrogens (tertiary/aromatic N) is 2. The van der Waals surface area contributed by atoms with Crippen molar-refractivity contribution in [2.45, 2.75) is 39.9 Å². The van der Waals surface area contributed by atoms with E-state index >= 15 is 0 Å². The van der Waals surface area contributed by atoms with Gasteiger partial charge in [0.2, 0.25) is 6.29 Å². The Morgan fingerprint density at radius 2 is 1.89 bits per heavy atom. The second kappa shape index (κ2) is 7.77. The quantitative estimate of drug-likeness (QED) is 0.685. The third-order valence-electron chi connectivity index (χ3n) is 2.74. The molecule has 0 saturated carbocycles. The molecule has 0 aliphatic heterocycles. The molecule has 0 aromatic carbocycles. The van der Waals surface area contributed by atoms with Crippen LogP contribution in [0.4, 0.5) is 0 Å². The number of carbonyl (C=O) groups is 1. The number of carbonyl (C=O) groups excluding carboxylic acids is 1. The summed E-state index contributed by atoms with van der Waals surface area (Å²) >= 11 is 3.50. The van der Waals surface area contributed by atoms with Crippen molar-refractivity contribution >= 4 is 21.7 Å². The number of ketones is 1. The van der Waals surface area contributed by atoms with Crippen LogP contribution in [-0.4, -0.2) is 35.1 Å². The average Bonchev–Trinajstić information content (AvgIpc) is 2.65. The molecule has 1 heterocycles. The highest BCUT2D eigenvalue weighted by Gasteiger charge is 2.23. The lowest BCUT2D eigenvalue weighted by Gasteiger charge is -2.15. The maximum atomic E-state index is 12.2. The van der Waals surface area contributed by atoms with Gasteiger partial charge in [0.05, 0.1) is 22.3 Å². The molecule has 108 valence electrons. The Bertz CT molecular complexity index is 426. The molecule has 0 saturated heterocycles. The lowest BCUT2D eigenvalue weighted by molar-refractivity contribution is -0.167. The van der Waals surface area contributed by atoms with Crippen LogP contribution in [0.1, 0.15) is 32.2 Å². The fourth-order valence-corrected chi connectivity index (χ4v) is 2.55. The van der Waals surface area contributed by atoms with Crippen molar-refractivity contribution in [3.63, 3.8) is 0 Å². The molecular formula is C13H21BrN2O3. The van der Waals surface area contributed by atoms with Crippen molar-refractivity contribution in [1.29, 1.82) is 0 Å². The second-order valence-corrected chi connectivity index (χ2v) is 4.86. The molecule has 0 aliphatic carbocycles. The SMILES string of the molecule is CCOC(OCC)C(=O)Cc1c(Br)c(CC)nn1C. The minimum absolute atomic E-state index is 0.0879. The van der Waals surface area contributed by atoms with Crippen molar-refractivity contribution in [2.75, 3.05) is 13.2 Å². The summed E-state index contributed by atoms with van der Waals surface area (Å²) in [6.45, 7) is 6.61. The van der Waals surface area contributed by atoms with Crippen LogP contribution < -0.4 is 0 Å². The molecule has 0 spiro atoms. The van der Waals surface area contributed by atoms with Gasteiger partial charge in [0.25, 0.3) is 0 Å². The zero-order valence-corrected chi connectivity index (χ0v) is 13.5. The van der Waals surface area contributed by atoms with Crippen molar-refractivity contribution in [3.8, 4) is 0 Å². The van der Waals surface area contributed by atoms with Crippen molar-refractivity contribution in [1.82, 2.24) is 9.78 Å². The van der Waals surface area contributed by atoms with Gasteiger partial charge in [-0.25, -0.2) is 0 Å². The largest absolute Gasteiger partial charge is 0.346 e. The predicted molar refractivity (Wildman–Crippen MR) is 76.0 cm³/mol. The van der Waals surface area contributed by atoms with E-state index in [2.05, 4.69) is 21.0 Å². The van der Waals surface area contributed by atoms with Crippen LogP contribution in [0.2, 0.25) is 0 Å². The maximum Gasteiger partial charge on any atom is 0.218 e. The molecule has 0 bridgehead atoms. The molecule has 0 aliphatic rings. The molecule has 19 heavy (non-hydrogen) atoms. The number of halogens is 1. The Kier molecular flexibility index (Phi) is 6.68. The first kappa shape index (κ1) is 16.3. The van der Waals surface area contributed by atoms with E-state index in [1.165, 1.54) is 0 Å². The van der Waals surface area contributed by atoms with Gasteiger partial charge in [0.15, 0.2) is 5.78 Å². The van der Waals surface area contributed by atoms with Crippen LogP contribution in [-0.2, 0) is 34.2 Å². The van der Waals surface area contributed by atoms with Crippen LogP contribution in [0.25, 0.3) is 0 Å². The van der Waals surface area contributed by atoms with E-state index in [1.54, 1.807) is 4.68 Å². The summed E-state index contributed by atoms with van der Waals surface area (Å²) in [6.07, 6.45) is 0.277. The first-order chi connectivity index (χ1) is 9.04. The fourth-order valence-electron chi connectivity index (χ4n) is 1.80. The Balaban J connectivity index is 2.83. The van der Waals surface area contributed by atoms with E-state index in [1.807, 2.05) is 27.8 Å². The van der Waals surface area contributed by atoms with E-state index in [0.717, 1.165) is 22.3 Å². The van der Waals surface area contributed by atoms with Gasteiger partial charge < -0.3 is 9.47 Å². The van der Waals surface area contributed by atoms with Crippen LogP contribution in [0.3, 0.4) is 0 Å². The average molecular weight is 333 g/mol. The van der Waals surface area contributed by atoms with E-state index in [-0.39, 0.29) is 12.2 Å². The molecule has 0 fully saturated rings. The van der Waals surface area contributed by atoms with Crippen LogP contribution >= 0.6 is 15.9 Å². The van der Waals surface area contributed by atoms with Gasteiger partial charge >= 0.3 is 0 Å². The molecular weight excluding hydrogens is 312 g/mol. The Hall–Kier alpha value is -0.720. The van der Waals surface area contributed by atoms with Gasteiger partial charge in [-0.05, 0) is 36.2 Å². The van der Waals surface area contributed by atoms with Gasteiger partial charge in [0.1, 0.15) is 0 Å². The summed E-state index contributed by atoms with van der Waals surface area (Å²) in [4.78, 5) is 12.2. The van der Waals surface area contributed by atoms with Crippen molar-refractivity contribution in [3.05, 3.63) is 15.9 Å². The van der Waals surface area contributed by atoms with Gasteiger partial charge in [-0.2, -0.15) is 5.10 Å². The smallest absolute Gasteiger partial charge is 0.218 e. The van der Waals surface area contributed by atoms with E-state index in [4.69, 9.17) is 9.47 Å². The first-order valence-corrected chi connectivity index (χ1v) is 7.30. The maximum absolute atomic E-state index is 12.2. The van der Waals surface area contributed by atoms with Gasteiger partial charge in [-0.15, -0.1) is 0 Å². The zero-order chi connectivity index (χ0) is 14.4. The van der Waals surface area contributed by atoms with Crippen molar-refractivity contribution < 1.29 is 14.3 Å². The Morgan fingerprint density at radius 3 is 2.32 bits per heavy atom. The molecule has 0 unspecified atom stereocenters. The highest BCUT2D eigenvalue weighted by molar-refractivity contribution is 9.10. The number of rotatable bonds is 8. The summed E-state index contributed by atoms with van der Waals surface area (Å²) in [5.41, 5.74) is 1.81. The number of aryl methyl sites for hydroxylation is 2. The molecule has 1 aromatic rings. The molecule has 1 rings (SSSR count). The van der Waals surface area contributed by atoms with E-state index < -0.39 is 6.29 Å². The van der Waals surface area contributed by atoms with Gasteiger partial charge in [-0.1, -0.05) is 6.92 Å². The Morgan fingerprint density at radius 1 is 1.32 bits per heavy atom. The minimum Gasteiger partial charge on any atom is -0.346 e. The lowest BCUT2D eigenvalue weighted by Crippen LogP contribution is -2.29. The molecule has 0 N–H and O–H groups in total.